The van der Waals surface area contributed by atoms with Gasteiger partial charge in [0, 0.05) is 48.3 Å². The molecule has 0 bridgehead atoms. The fraction of sp³-hybridized carbons (Fsp3) is 0.300. The topological polar surface area (TPSA) is 46.5 Å². The normalized spacial score (nSPS) is 15.8. The standard InChI is InChI=1S/C20H20ClF2N3O2S/c1-28-19-5-3-14(11-18(19)25-8-6-24-7-9-25)29(27)26-12-16(20(22)23)15-10-13(21)2-4-17(15)26/h2-5,10-12,20,24H,6-9H2,1H3. The van der Waals surface area contributed by atoms with Gasteiger partial charge in [-0.15, -0.1) is 0 Å². The number of piperazine rings is 1. The Hall–Kier alpha value is -2.16. The number of ether oxygens (including phenoxy) is 1. The van der Waals surface area contributed by atoms with Gasteiger partial charge in [-0.25, -0.2) is 13.0 Å². The molecule has 2 aromatic carbocycles. The van der Waals surface area contributed by atoms with E-state index >= 15 is 0 Å². The number of anilines is 1. The average Bonchev–Trinajstić information content (AvgIpc) is 3.12. The lowest BCUT2D eigenvalue weighted by atomic mass is 10.2. The van der Waals surface area contributed by atoms with Crippen LogP contribution in [0.2, 0.25) is 5.02 Å². The molecule has 1 N–H and O–H groups in total. The Morgan fingerprint density at radius 1 is 1.17 bits per heavy atom. The summed E-state index contributed by atoms with van der Waals surface area (Å²) in [6.07, 6.45) is -1.45. The van der Waals surface area contributed by atoms with E-state index < -0.39 is 17.4 Å². The Kier molecular flexibility index (Phi) is 5.76. The van der Waals surface area contributed by atoms with Gasteiger partial charge >= 0.3 is 0 Å². The zero-order chi connectivity index (χ0) is 20.5. The highest BCUT2D eigenvalue weighted by Crippen LogP contribution is 2.35. The maximum absolute atomic E-state index is 13.5. The summed E-state index contributed by atoms with van der Waals surface area (Å²) in [5.41, 5.74) is 1.10. The quantitative estimate of drug-likeness (QED) is 0.646. The highest BCUT2D eigenvalue weighted by molar-refractivity contribution is 7.83. The van der Waals surface area contributed by atoms with Gasteiger partial charge in [-0.1, -0.05) is 11.6 Å². The van der Waals surface area contributed by atoms with Crippen LogP contribution in [0.25, 0.3) is 10.9 Å². The van der Waals surface area contributed by atoms with Crippen LogP contribution >= 0.6 is 11.6 Å². The Labute approximate surface area is 174 Å². The summed E-state index contributed by atoms with van der Waals surface area (Å²) in [6.45, 7) is 3.29. The first-order chi connectivity index (χ1) is 14.0. The number of hydrogen-bond donors (Lipinski definition) is 1. The van der Waals surface area contributed by atoms with E-state index in [0.29, 0.717) is 26.6 Å². The van der Waals surface area contributed by atoms with Crippen LogP contribution < -0.4 is 15.0 Å². The van der Waals surface area contributed by atoms with Gasteiger partial charge < -0.3 is 15.0 Å². The van der Waals surface area contributed by atoms with Crippen LogP contribution in [0.5, 0.6) is 5.75 Å². The molecule has 1 aliphatic heterocycles. The van der Waals surface area contributed by atoms with Crippen LogP contribution in [0.3, 0.4) is 0 Å². The largest absolute Gasteiger partial charge is 0.495 e. The van der Waals surface area contributed by atoms with Crippen molar-refractivity contribution in [1.29, 1.82) is 0 Å². The molecule has 0 spiro atoms. The predicted molar refractivity (Wildman–Crippen MR) is 112 cm³/mol. The van der Waals surface area contributed by atoms with Crippen LogP contribution in [0, 0.1) is 0 Å². The van der Waals surface area contributed by atoms with Gasteiger partial charge in [-0.3, -0.25) is 3.97 Å². The van der Waals surface area contributed by atoms with Crippen molar-refractivity contribution in [3.63, 3.8) is 0 Å². The summed E-state index contributed by atoms with van der Waals surface area (Å²) in [5.74, 6) is 0.685. The molecule has 1 atom stereocenters. The van der Waals surface area contributed by atoms with Gasteiger partial charge in [-0.05, 0) is 36.4 Å². The third-order valence-electron chi connectivity index (χ3n) is 4.99. The summed E-state index contributed by atoms with van der Waals surface area (Å²) in [4.78, 5) is 2.67. The lowest BCUT2D eigenvalue weighted by molar-refractivity contribution is 0.153. The van der Waals surface area contributed by atoms with Crippen molar-refractivity contribution in [3.8, 4) is 5.75 Å². The molecule has 9 heteroatoms. The molecule has 1 unspecified atom stereocenters. The number of nitrogens with one attached hydrogen (secondary N) is 1. The number of hydrogen-bond acceptors (Lipinski definition) is 4. The van der Waals surface area contributed by atoms with E-state index in [1.807, 2.05) is 6.07 Å². The van der Waals surface area contributed by atoms with Crippen LogP contribution in [0.15, 0.2) is 47.5 Å². The summed E-state index contributed by atoms with van der Waals surface area (Å²) in [5, 5.41) is 3.95. The first kappa shape index (κ1) is 20.1. The third-order valence-corrected chi connectivity index (χ3v) is 6.54. The summed E-state index contributed by atoms with van der Waals surface area (Å²) >= 11 is 5.99. The van der Waals surface area contributed by atoms with Gasteiger partial charge in [0.05, 0.1) is 23.2 Å². The lowest BCUT2D eigenvalue weighted by Crippen LogP contribution is -2.43. The molecule has 0 saturated carbocycles. The van der Waals surface area contributed by atoms with Crippen molar-refractivity contribution in [2.24, 2.45) is 0 Å². The molecule has 1 aliphatic rings. The highest BCUT2D eigenvalue weighted by Gasteiger charge is 2.22. The third kappa shape index (κ3) is 3.84. The molecular weight excluding hydrogens is 420 g/mol. The number of alkyl halides is 2. The van der Waals surface area contributed by atoms with E-state index in [9.17, 15) is 13.0 Å². The van der Waals surface area contributed by atoms with E-state index in [0.717, 1.165) is 31.9 Å². The van der Waals surface area contributed by atoms with E-state index in [1.54, 1.807) is 31.4 Å². The maximum atomic E-state index is 13.5. The number of halogens is 3. The van der Waals surface area contributed by atoms with E-state index in [2.05, 4.69) is 10.2 Å². The predicted octanol–water partition coefficient (Wildman–Crippen LogP) is 4.22. The van der Waals surface area contributed by atoms with Crippen LogP contribution in [-0.4, -0.2) is 41.5 Å². The zero-order valence-electron chi connectivity index (χ0n) is 15.7. The number of fused-ring (bicyclic) bond motifs is 1. The van der Waals surface area contributed by atoms with Crippen molar-refractivity contribution in [2.75, 3.05) is 38.2 Å². The number of rotatable bonds is 5. The zero-order valence-corrected chi connectivity index (χ0v) is 17.3. The van der Waals surface area contributed by atoms with E-state index in [1.165, 1.54) is 16.2 Å². The van der Waals surface area contributed by atoms with Gasteiger partial charge in [0.25, 0.3) is 6.43 Å². The van der Waals surface area contributed by atoms with Crippen molar-refractivity contribution in [3.05, 3.63) is 53.2 Å². The molecule has 29 heavy (non-hydrogen) atoms. The summed E-state index contributed by atoms with van der Waals surface area (Å²) in [7, 11) is -0.113. The molecule has 1 aromatic heterocycles. The van der Waals surface area contributed by atoms with Gasteiger partial charge in [0.15, 0.2) is 11.0 Å². The van der Waals surface area contributed by atoms with Crippen LogP contribution in [-0.2, 0) is 11.0 Å². The van der Waals surface area contributed by atoms with Gasteiger partial charge in [-0.2, -0.15) is 0 Å². The number of methoxy groups -OCH3 is 1. The van der Waals surface area contributed by atoms with Crippen molar-refractivity contribution in [2.45, 2.75) is 11.3 Å². The lowest BCUT2D eigenvalue weighted by Gasteiger charge is -2.30. The summed E-state index contributed by atoms with van der Waals surface area (Å²) < 4.78 is 47.2. The fourth-order valence-electron chi connectivity index (χ4n) is 3.55. The number of aromatic nitrogens is 1. The first-order valence-electron chi connectivity index (χ1n) is 9.14. The Bertz CT molecular complexity index is 1070. The maximum Gasteiger partial charge on any atom is 0.265 e. The van der Waals surface area contributed by atoms with Crippen molar-refractivity contribution < 1.29 is 17.7 Å². The molecule has 1 saturated heterocycles. The monoisotopic (exact) mass is 439 g/mol. The molecule has 3 aromatic rings. The minimum Gasteiger partial charge on any atom is -0.495 e. The van der Waals surface area contributed by atoms with E-state index in [4.69, 9.17) is 16.3 Å². The Morgan fingerprint density at radius 3 is 2.62 bits per heavy atom. The molecular formula is C20H20ClF2N3O2S. The molecule has 4 rings (SSSR count). The molecule has 5 nitrogen and oxygen atoms in total. The SMILES string of the molecule is COc1ccc(S(=O)n2cc(C(F)F)c3cc(Cl)ccc32)cc1N1CCNCC1. The van der Waals surface area contributed by atoms with Crippen molar-refractivity contribution in [1.82, 2.24) is 9.29 Å². The summed E-state index contributed by atoms with van der Waals surface area (Å²) in [6, 6.07) is 9.97. The molecule has 1 fully saturated rings. The van der Waals surface area contributed by atoms with E-state index in [-0.39, 0.29) is 5.56 Å². The molecule has 0 radical (unpaired) electrons. The van der Waals surface area contributed by atoms with Crippen LogP contribution in [0.4, 0.5) is 14.5 Å². The fourth-order valence-corrected chi connectivity index (χ4v) is 4.90. The number of nitrogens with zero attached hydrogens (tertiary/aromatic N) is 2. The second-order valence-electron chi connectivity index (χ2n) is 6.69. The van der Waals surface area contributed by atoms with Gasteiger partial charge in [0.2, 0.25) is 0 Å². The van der Waals surface area contributed by atoms with Crippen LogP contribution in [0.1, 0.15) is 12.0 Å². The van der Waals surface area contributed by atoms with Gasteiger partial charge in [0.1, 0.15) is 5.75 Å². The molecule has 154 valence electrons. The molecule has 0 aliphatic carbocycles. The second-order valence-corrected chi connectivity index (χ2v) is 8.49. The Morgan fingerprint density at radius 2 is 1.93 bits per heavy atom. The highest BCUT2D eigenvalue weighted by atomic mass is 35.5. The second kappa shape index (κ2) is 8.30. The smallest absolute Gasteiger partial charge is 0.265 e. The minimum absolute atomic E-state index is 0.188. The first-order valence-corrected chi connectivity index (χ1v) is 10.6. The molecule has 0 amide bonds. The van der Waals surface area contributed by atoms with Crippen molar-refractivity contribution >= 4 is 39.2 Å². The molecule has 2 heterocycles. The number of benzene rings is 2. The Balaban J connectivity index is 1.79. The minimum atomic E-state index is -2.69. The average molecular weight is 440 g/mol.